The summed E-state index contributed by atoms with van der Waals surface area (Å²) in [4.78, 5) is 36.3. The van der Waals surface area contributed by atoms with E-state index < -0.39 is 0 Å². The van der Waals surface area contributed by atoms with Crippen molar-refractivity contribution in [3.05, 3.63) is 60.8 Å². The lowest BCUT2D eigenvalue weighted by Gasteiger charge is -2.34. The lowest BCUT2D eigenvalue weighted by molar-refractivity contribution is -0.118. The highest BCUT2D eigenvalue weighted by Gasteiger charge is 2.21. The molecule has 3 aromatic rings. The number of carbonyl (C=O) groups excluding carboxylic acids is 2. The molecule has 2 saturated heterocycles. The summed E-state index contributed by atoms with van der Waals surface area (Å²) < 4.78 is 0. The first-order valence-electron chi connectivity index (χ1n) is 12.0. The molecule has 0 aliphatic carbocycles. The molecule has 9 heteroatoms. The monoisotopic (exact) mass is 471 g/mol. The lowest BCUT2D eigenvalue weighted by atomic mass is 10.1. The second-order valence-corrected chi connectivity index (χ2v) is 8.78. The number of anilines is 4. The van der Waals surface area contributed by atoms with Crippen LogP contribution in [0, 0.1) is 0 Å². The zero-order chi connectivity index (χ0) is 24.0. The van der Waals surface area contributed by atoms with Crippen molar-refractivity contribution in [1.29, 1.82) is 0 Å². The predicted molar refractivity (Wildman–Crippen MR) is 137 cm³/mol. The highest BCUT2D eigenvalue weighted by Crippen LogP contribution is 2.24. The maximum Gasteiger partial charge on any atom is 0.241 e. The fraction of sp³-hybridized carbons (Fsp3) is 0.308. The molecular formula is C26H29N7O2. The molecule has 0 bridgehead atoms. The van der Waals surface area contributed by atoms with Crippen LogP contribution in [0.3, 0.4) is 0 Å². The van der Waals surface area contributed by atoms with Crippen LogP contribution >= 0.6 is 0 Å². The number of hydrogen-bond donors (Lipinski definition) is 3. The summed E-state index contributed by atoms with van der Waals surface area (Å²) in [6.07, 6.45) is 4.55. The fourth-order valence-electron chi connectivity index (χ4n) is 4.41. The molecule has 3 N–H and O–H groups in total. The maximum atomic E-state index is 12.3. The molecule has 5 rings (SSSR count). The fourth-order valence-corrected chi connectivity index (χ4v) is 4.41. The van der Waals surface area contributed by atoms with Gasteiger partial charge in [0, 0.05) is 55.0 Å². The number of amides is 2. The average molecular weight is 472 g/mol. The summed E-state index contributed by atoms with van der Waals surface area (Å²) in [6.45, 7) is 4.04. The van der Waals surface area contributed by atoms with E-state index in [2.05, 4.69) is 43.0 Å². The van der Waals surface area contributed by atoms with Gasteiger partial charge in [-0.15, -0.1) is 0 Å². The number of hydrogen-bond acceptors (Lipinski definition) is 7. The molecule has 2 aliphatic heterocycles. The van der Waals surface area contributed by atoms with Gasteiger partial charge in [-0.3, -0.25) is 9.59 Å². The second kappa shape index (κ2) is 10.5. The van der Waals surface area contributed by atoms with Crippen molar-refractivity contribution in [2.45, 2.75) is 18.9 Å². The summed E-state index contributed by atoms with van der Waals surface area (Å²) in [5, 5.41) is 9.45. The molecule has 180 valence electrons. The molecule has 0 radical (unpaired) electrons. The number of aromatic nitrogens is 2. The maximum absolute atomic E-state index is 12.3. The van der Waals surface area contributed by atoms with Gasteiger partial charge in [-0.1, -0.05) is 12.1 Å². The van der Waals surface area contributed by atoms with Crippen molar-refractivity contribution in [3.8, 4) is 11.3 Å². The van der Waals surface area contributed by atoms with E-state index in [-0.39, 0.29) is 11.9 Å². The van der Waals surface area contributed by atoms with E-state index in [9.17, 15) is 9.59 Å². The number of carbonyl (C=O) groups is 2. The van der Waals surface area contributed by atoms with E-state index in [4.69, 9.17) is 0 Å². The molecule has 0 saturated carbocycles. The van der Waals surface area contributed by atoms with Gasteiger partial charge in [0.25, 0.3) is 0 Å². The third-order valence-electron chi connectivity index (χ3n) is 6.43. The summed E-state index contributed by atoms with van der Waals surface area (Å²) >= 11 is 0. The summed E-state index contributed by atoms with van der Waals surface area (Å²) in [5.41, 5.74) is 4.54. The molecular weight excluding hydrogens is 442 g/mol. The van der Waals surface area contributed by atoms with E-state index >= 15 is 0 Å². The predicted octanol–water partition coefficient (Wildman–Crippen LogP) is 2.86. The van der Waals surface area contributed by atoms with Crippen LogP contribution in [-0.2, 0) is 9.59 Å². The van der Waals surface area contributed by atoms with Crippen LogP contribution in [0.4, 0.5) is 23.0 Å². The highest BCUT2D eigenvalue weighted by molar-refractivity contribution is 5.95. The third-order valence-corrected chi connectivity index (χ3v) is 6.43. The topological polar surface area (TPSA) is 102 Å². The molecule has 2 fully saturated rings. The van der Waals surface area contributed by atoms with Crippen molar-refractivity contribution in [1.82, 2.24) is 20.2 Å². The smallest absolute Gasteiger partial charge is 0.241 e. The van der Waals surface area contributed by atoms with E-state index in [1.165, 1.54) is 0 Å². The first kappa shape index (κ1) is 22.8. The first-order valence-corrected chi connectivity index (χ1v) is 12.0. The Hall–Kier alpha value is -3.98. The van der Waals surface area contributed by atoms with Gasteiger partial charge in [-0.2, -0.15) is 0 Å². The first-order chi connectivity index (χ1) is 17.2. The molecule has 2 aliphatic rings. The van der Waals surface area contributed by atoms with E-state index in [0.717, 1.165) is 80.3 Å². The molecule has 9 nitrogen and oxygen atoms in total. The van der Waals surface area contributed by atoms with Crippen LogP contribution in [0.1, 0.15) is 12.8 Å². The van der Waals surface area contributed by atoms with Crippen LogP contribution < -0.4 is 20.9 Å². The SMILES string of the molecule is O=CN1CCN(c2ccc(Nc3nccc(-c4ccc(NC(=O)[C@H]5CCCN5)cc4)n3)cc2)CC1. The lowest BCUT2D eigenvalue weighted by Crippen LogP contribution is -2.45. The normalized spacial score (nSPS) is 17.8. The van der Waals surface area contributed by atoms with Crippen molar-refractivity contribution in [2.75, 3.05) is 48.3 Å². The van der Waals surface area contributed by atoms with Crippen LogP contribution in [0.2, 0.25) is 0 Å². The van der Waals surface area contributed by atoms with Gasteiger partial charge in [0.2, 0.25) is 18.3 Å². The van der Waals surface area contributed by atoms with Crippen LogP contribution in [0.5, 0.6) is 0 Å². The summed E-state index contributed by atoms with van der Waals surface area (Å²) in [6, 6.07) is 17.6. The third kappa shape index (κ3) is 5.58. The van der Waals surface area contributed by atoms with E-state index in [0.29, 0.717) is 5.95 Å². The Bertz CT molecular complexity index is 1150. The molecule has 2 amide bonds. The molecule has 3 heterocycles. The molecule has 2 aromatic carbocycles. The standard InChI is InChI=1S/C26H29N7O2/c34-18-32-14-16-33(17-15-32)22-9-7-21(8-10-22)30-26-28-13-11-23(31-26)19-3-5-20(6-4-19)29-25(35)24-2-1-12-27-24/h3-11,13,18,24,27H,1-2,12,14-17H2,(H,29,35)(H,28,30,31)/t24-/m1/s1. The molecule has 1 atom stereocenters. The van der Waals surface area contributed by atoms with Crippen molar-refractivity contribution < 1.29 is 9.59 Å². The van der Waals surface area contributed by atoms with Gasteiger partial charge in [0.15, 0.2) is 0 Å². The Balaban J connectivity index is 1.20. The zero-order valence-electron chi connectivity index (χ0n) is 19.5. The average Bonchev–Trinajstić information content (AvgIpc) is 3.45. The van der Waals surface area contributed by atoms with E-state index in [1.54, 1.807) is 11.1 Å². The minimum atomic E-state index is -0.105. The van der Waals surface area contributed by atoms with Crippen LogP contribution in [-0.4, -0.2) is 66.0 Å². The van der Waals surface area contributed by atoms with Crippen molar-refractivity contribution in [2.24, 2.45) is 0 Å². The Morgan fingerprint density at radius 2 is 1.71 bits per heavy atom. The second-order valence-electron chi connectivity index (χ2n) is 8.78. The highest BCUT2D eigenvalue weighted by atomic mass is 16.2. The Morgan fingerprint density at radius 1 is 0.971 bits per heavy atom. The van der Waals surface area contributed by atoms with E-state index in [1.807, 2.05) is 42.5 Å². The zero-order valence-corrected chi connectivity index (χ0v) is 19.5. The minimum Gasteiger partial charge on any atom is -0.368 e. The Labute approximate surface area is 204 Å². The summed E-state index contributed by atoms with van der Waals surface area (Å²) in [5.74, 6) is 0.526. The molecule has 0 unspecified atom stereocenters. The van der Waals surface area contributed by atoms with Crippen molar-refractivity contribution >= 4 is 35.3 Å². The Kier molecular flexibility index (Phi) is 6.85. The van der Waals surface area contributed by atoms with Gasteiger partial charge in [0.05, 0.1) is 11.7 Å². The Morgan fingerprint density at radius 3 is 2.40 bits per heavy atom. The number of rotatable bonds is 7. The van der Waals surface area contributed by atoms with Gasteiger partial charge >= 0.3 is 0 Å². The van der Waals surface area contributed by atoms with Gasteiger partial charge in [0.1, 0.15) is 0 Å². The summed E-state index contributed by atoms with van der Waals surface area (Å²) in [7, 11) is 0. The van der Waals surface area contributed by atoms with Gasteiger partial charge < -0.3 is 25.8 Å². The van der Waals surface area contributed by atoms with Crippen LogP contribution in [0.25, 0.3) is 11.3 Å². The molecule has 1 aromatic heterocycles. The number of nitrogens with zero attached hydrogens (tertiary/aromatic N) is 4. The van der Waals surface area contributed by atoms with Gasteiger partial charge in [-0.25, -0.2) is 9.97 Å². The van der Waals surface area contributed by atoms with Crippen molar-refractivity contribution in [3.63, 3.8) is 0 Å². The number of nitrogens with one attached hydrogen (secondary N) is 3. The van der Waals surface area contributed by atoms with Gasteiger partial charge in [-0.05, 0) is 61.9 Å². The largest absolute Gasteiger partial charge is 0.368 e. The number of piperazine rings is 1. The van der Waals surface area contributed by atoms with Crippen LogP contribution in [0.15, 0.2) is 60.8 Å². The minimum absolute atomic E-state index is 0.0120. The quantitative estimate of drug-likeness (QED) is 0.456. The number of benzene rings is 2. The molecule has 35 heavy (non-hydrogen) atoms. The molecule has 0 spiro atoms.